The number of aromatic nitrogens is 2. The van der Waals surface area contributed by atoms with Crippen molar-refractivity contribution in [3.05, 3.63) is 38.6 Å². The summed E-state index contributed by atoms with van der Waals surface area (Å²) in [6.07, 6.45) is 1.32. The highest BCUT2D eigenvalue weighted by molar-refractivity contribution is 7.20. The molecule has 7 heteroatoms. The van der Waals surface area contributed by atoms with Crippen molar-refractivity contribution < 1.29 is 9.90 Å². The Morgan fingerprint density at radius 2 is 2.12 bits per heavy atom. The minimum absolute atomic E-state index is 0.258. The van der Waals surface area contributed by atoms with Crippen LogP contribution in [0.2, 0.25) is 0 Å². The Hall–Kier alpha value is -1.99. The van der Waals surface area contributed by atoms with Crippen molar-refractivity contribution in [2.24, 2.45) is 0 Å². The number of carboxylic acid groups (broad SMARTS) is 1. The second-order valence-corrected chi connectivity index (χ2v) is 7.51. The van der Waals surface area contributed by atoms with Gasteiger partial charge < -0.3 is 5.11 Å². The van der Waals surface area contributed by atoms with E-state index in [0.717, 1.165) is 21.7 Å². The molecule has 3 aromatic rings. The first kappa shape index (κ1) is 16.9. The van der Waals surface area contributed by atoms with Crippen LogP contribution in [0.5, 0.6) is 0 Å². The molecular formula is C17H18N2O3S2. The van der Waals surface area contributed by atoms with E-state index in [4.69, 9.17) is 0 Å². The second-order valence-electron chi connectivity index (χ2n) is 5.48. The number of aliphatic carboxylic acids is 1. The van der Waals surface area contributed by atoms with Crippen molar-refractivity contribution in [1.29, 1.82) is 0 Å². The predicted octanol–water partition coefficient (Wildman–Crippen LogP) is 3.96. The molecule has 0 aromatic carbocycles. The number of hydrogen-bond acceptors (Lipinski definition) is 5. The maximum Gasteiger partial charge on any atom is 0.326 e. The molecule has 3 aromatic heterocycles. The highest BCUT2D eigenvalue weighted by Gasteiger charge is 2.25. The summed E-state index contributed by atoms with van der Waals surface area (Å²) in [7, 11) is 0. The molecule has 0 saturated carbocycles. The number of thiophene rings is 2. The van der Waals surface area contributed by atoms with Gasteiger partial charge in [0.1, 0.15) is 16.7 Å². The SMILES string of the molecule is CCc1sc2nc(CC)n(C(C)C(=O)O)c(=O)c2c1-c1cccs1. The van der Waals surface area contributed by atoms with Gasteiger partial charge in [0, 0.05) is 21.7 Å². The lowest BCUT2D eigenvalue weighted by atomic mass is 10.1. The first-order valence-electron chi connectivity index (χ1n) is 7.83. The number of aryl methyl sites for hydroxylation is 2. The number of rotatable bonds is 5. The van der Waals surface area contributed by atoms with Crippen LogP contribution in [0.4, 0.5) is 0 Å². The van der Waals surface area contributed by atoms with Gasteiger partial charge in [0.25, 0.3) is 5.56 Å². The Kier molecular flexibility index (Phi) is 4.56. The van der Waals surface area contributed by atoms with E-state index in [-0.39, 0.29) is 5.56 Å². The molecule has 0 aliphatic carbocycles. The first-order chi connectivity index (χ1) is 11.5. The van der Waals surface area contributed by atoms with Crippen molar-refractivity contribution in [2.75, 3.05) is 0 Å². The Labute approximate surface area is 147 Å². The lowest BCUT2D eigenvalue weighted by molar-refractivity contribution is -0.140. The van der Waals surface area contributed by atoms with Crippen LogP contribution in [0, 0.1) is 0 Å². The van der Waals surface area contributed by atoms with Crippen molar-refractivity contribution in [3.8, 4) is 10.4 Å². The topological polar surface area (TPSA) is 72.2 Å². The zero-order valence-corrected chi connectivity index (χ0v) is 15.3. The molecule has 0 saturated heterocycles. The largest absolute Gasteiger partial charge is 0.480 e. The van der Waals surface area contributed by atoms with Crippen LogP contribution in [0.3, 0.4) is 0 Å². The third kappa shape index (κ3) is 2.57. The minimum Gasteiger partial charge on any atom is -0.480 e. The van der Waals surface area contributed by atoms with Gasteiger partial charge in [-0.1, -0.05) is 19.9 Å². The Bertz CT molecular complexity index is 955. The van der Waals surface area contributed by atoms with Gasteiger partial charge in [-0.25, -0.2) is 9.78 Å². The normalized spacial score (nSPS) is 12.6. The molecule has 1 unspecified atom stereocenters. The predicted molar refractivity (Wildman–Crippen MR) is 98.3 cm³/mol. The van der Waals surface area contributed by atoms with E-state index in [1.165, 1.54) is 22.8 Å². The molecule has 3 heterocycles. The van der Waals surface area contributed by atoms with Crippen LogP contribution in [0.15, 0.2) is 22.3 Å². The van der Waals surface area contributed by atoms with Gasteiger partial charge in [-0.15, -0.1) is 22.7 Å². The number of fused-ring (bicyclic) bond motifs is 1. The number of carboxylic acids is 1. The molecule has 0 bridgehead atoms. The summed E-state index contributed by atoms with van der Waals surface area (Å²) in [4.78, 5) is 32.1. The summed E-state index contributed by atoms with van der Waals surface area (Å²) in [5.74, 6) is -0.513. The Balaban J connectivity index is 2.43. The third-order valence-corrected chi connectivity index (χ3v) is 6.17. The van der Waals surface area contributed by atoms with Crippen molar-refractivity contribution in [3.63, 3.8) is 0 Å². The number of hydrogen-bond donors (Lipinski definition) is 1. The van der Waals surface area contributed by atoms with E-state index in [1.807, 2.05) is 24.4 Å². The molecule has 1 atom stereocenters. The van der Waals surface area contributed by atoms with E-state index in [2.05, 4.69) is 11.9 Å². The van der Waals surface area contributed by atoms with Gasteiger partial charge in [-0.3, -0.25) is 9.36 Å². The van der Waals surface area contributed by atoms with E-state index in [9.17, 15) is 14.7 Å². The lowest BCUT2D eigenvalue weighted by Crippen LogP contribution is -2.31. The third-order valence-electron chi connectivity index (χ3n) is 4.05. The summed E-state index contributed by atoms with van der Waals surface area (Å²) in [5.41, 5.74) is 0.657. The van der Waals surface area contributed by atoms with E-state index in [0.29, 0.717) is 22.5 Å². The molecule has 0 spiro atoms. The van der Waals surface area contributed by atoms with Crippen molar-refractivity contribution >= 4 is 38.9 Å². The van der Waals surface area contributed by atoms with E-state index >= 15 is 0 Å². The van der Waals surface area contributed by atoms with Gasteiger partial charge in [0.05, 0.1) is 5.39 Å². The summed E-state index contributed by atoms with van der Waals surface area (Å²) in [5, 5.41) is 11.9. The summed E-state index contributed by atoms with van der Waals surface area (Å²) < 4.78 is 1.33. The number of nitrogens with zero attached hydrogens (tertiary/aromatic N) is 2. The highest BCUT2D eigenvalue weighted by atomic mass is 32.1. The van der Waals surface area contributed by atoms with Gasteiger partial charge >= 0.3 is 5.97 Å². The summed E-state index contributed by atoms with van der Waals surface area (Å²) in [6.45, 7) is 5.46. The molecule has 0 aliphatic heterocycles. The van der Waals surface area contributed by atoms with Crippen molar-refractivity contribution in [2.45, 2.75) is 39.7 Å². The average molecular weight is 362 g/mol. The lowest BCUT2D eigenvalue weighted by Gasteiger charge is -2.15. The molecule has 3 rings (SSSR count). The molecule has 0 fully saturated rings. The Morgan fingerprint density at radius 1 is 1.38 bits per heavy atom. The average Bonchev–Trinajstić information content (AvgIpc) is 3.20. The molecule has 24 heavy (non-hydrogen) atoms. The summed E-state index contributed by atoms with van der Waals surface area (Å²) >= 11 is 3.11. The highest BCUT2D eigenvalue weighted by Crippen LogP contribution is 2.39. The van der Waals surface area contributed by atoms with Crippen LogP contribution in [-0.4, -0.2) is 20.6 Å². The van der Waals surface area contributed by atoms with Gasteiger partial charge in [-0.05, 0) is 24.8 Å². The van der Waals surface area contributed by atoms with Gasteiger partial charge in [0.2, 0.25) is 0 Å². The standard InChI is InChI=1S/C17H18N2O3S2/c1-4-10-13(11-7-6-8-23-11)14-15(24-10)18-12(5-2)19(16(14)20)9(3)17(21)22/h6-9H,4-5H2,1-3H3,(H,21,22). The van der Waals surface area contributed by atoms with Gasteiger partial charge in [0.15, 0.2) is 0 Å². The molecule has 5 nitrogen and oxygen atoms in total. The van der Waals surface area contributed by atoms with Crippen LogP contribution in [-0.2, 0) is 17.6 Å². The van der Waals surface area contributed by atoms with Gasteiger partial charge in [-0.2, -0.15) is 0 Å². The minimum atomic E-state index is -1.03. The Morgan fingerprint density at radius 3 is 2.67 bits per heavy atom. The molecule has 126 valence electrons. The molecule has 0 amide bonds. The fourth-order valence-corrected chi connectivity index (χ4v) is 4.84. The summed E-state index contributed by atoms with van der Waals surface area (Å²) in [6, 6.07) is 3.00. The molecule has 1 N–H and O–H groups in total. The molecule has 0 aliphatic rings. The smallest absolute Gasteiger partial charge is 0.326 e. The van der Waals surface area contributed by atoms with E-state index in [1.54, 1.807) is 11.3 Å². The fourth-order valence-electron chi connectivity index (χ4n) is 2.84. The zero-order valence-electron chi connectivity index (χ0n) is 13.7. The second kappa shape index (κ2) is 6.49. The fraction of sp³-hybridized carbons (Fsp3) is 0.353. The quantitative estimate of drug-likeness (QED) is 0.746. The maximum absolute atomic E-state index is 13.2. The van der Waals surface area contributed by atoms with Crippen LogP contribution < -0.4 is 5.56 Å². The molecule has 0 radical (unpaired) electrons. The maximum atomic E-state index is 13.2. The van der Waals surface area contributed by atoms with E-state index < -0.39 is 12.0 Å². The van der Waals surface area contributed by atoms with Crippen molar-refractivity contribution in [1.82, 2.24) is 9.55 Å². The van der Waals surface area contributed by atoms with Crippen LogP contribution in [0.1, 0.15) is 37.5 Å². The molecular weight excluding hydrogens is 344 g/mol. The van der Waals surface area contributed by atoms with Crippen LogP contribution in [0.25, 0.3) is 20.7 Å². The zero-order chi connectivity index (χ0) is 17.4. The van der Waals surface area contributed by atoms with Crippen LogP contribution >= 0.6 is 22.7 Å². The first-order valence-corrected chi connectivity index (χ1v) is 9.52. The monoisotopic (exact) mass is 362 g/mol. The number of carbonyl (C=O) groups is 1.